The summed E-state index contributed by atoms with van der Waals surface area (Å²) in [6.45, 7) is 0.362. The van der Waals surface area contributed by atoms with E-state index < -0.39 is 9.84 Å². The van der Waals surface area contributed by atoms with Gasteiger partial charge < -0.3 is 10.5 Å². The van der Waals surface area contributed by atoms with Gasteiger partial charge in [0.05, 0.1) is 12.9 Å². The third kappa shape index (κ3) is 3.15. The molecule has 19 heavy (non-hydrogen) atoms. The summed E-state index contributed by atoms with van der Waals surface area (Å²) in [4.78, 5) is 0. The molecule has 0 spiro atoms. The molecule has 1 aromatic carbocycles. The van der Waals surface area contributed by atoms with Gasteiger partial charge >= 0.3 is 0 Å². The lowest BCUT2D eigenvalue weighted by molar-refractivity contribution is 0.409. The van der Waals surface area contributed by atoms with Crippen LogP contribution in [0.15, 0.2) is 39.9 Å². The summed E-state index contributed by atoms with van der Waals surface area (Å²) in [5.41, 5.74) is 7.14. The Hall–Kier alpha value is -1.37. The second-order valence-electron chi connectivity index (χ2n) is 4.04. The first kappa shape index (κ1) is 14.0. The van der Waals surface area contributed by atoms with Gasteiger partial charge in [0.15, 0.2) is 9.84 Å². The van der Waals surface area contributed by atoms with Gasteiger partial charge in [0.2, 0.25) is 0 Å². The summed E-state index contributed by atoms with van der Waals surface area (Å²) in [5.74, 6) is 0.593. The van der Waals surface area contributed by atoms with E-state index in [0.717, 1.165) is 5.56 Å². The number of ether oxygens (including phenoxy) is 1. The Kier molecular flexibility index (Phi) is 4.24. The fraction of sp³-hybridized carbons (Fsp3) is 0.231. The molecule has 1 heterocycles. The number of nitrogens with two attached hydrogens (primary N) is 1. The summed E-state index contributed by atoms with van der Waals surface area (Å²) in [7, 11) is -1.74. The molecular formula is C13H15NO3S2. The van der Waals surface area contributed by atoms with Crippen LogP contribution in [0.4, 0.5) is 0 Å². The highest BCUT2D eigenvalue weighted by molar-refractivity contribution is 7.92. The Morgan fingerprint density at radius 2 is 2.11 bits per heavy atom. The molecular weight excluding hydrogens is 282 g/mol. The molecule has 0 atom stereocenters. The lowest BCUT2D eigenvalue weighted by atomic mass is 10.1. The van der Waals surface area contributed by atoms with Gasteiger partial charge in [-0.2, -0.15) is 0 Å². The second kappa shape index (κ2) is 5.73. The van der Waals surface area contributed by atoms with Crippen molar-refractivity contribution in [1.29, 1.82) is 0 Å². The maximum absolute atomic E-state index is 12.2. The maximum atomic E-state index is 12.2. The maximum Gasteiger partial charge on any atom is 0.191 e. The van der Waals surface area contributed by atoms with Crippen molar-refractivity contribution >= 4 is 21.2 Å². The number of methoxy groups -OCH3 is 1. The van der Waals surface area contributed by atoms with E-state index in [9.17, 15) is 8.42 Å². The molecule has 0 saturated carbocycles. The molecule has 0 radical (unpaired) electrons. The molecule has 0 aliphatic carbocycles. The topological polar surface area (TPSA) is 69.4 Å². The van der Waals surface area contributed by atoms with Crippen LogP contribution >= 0.6 is 11.3 Å². The zero-order valence-electron chi connectivity index (χ0n) is 10.5. The van der Waals surface area contributed by atoms with Crippen LogP contribution in [0.2, 0.25) is 0 Å². The molecule has 0 aliphatic heterocycles. The molecule has 1 aromatic heterocycles. The van der Waals surface area contributed by atoms with Gasteiger partial charge in [-0.05, 0) is 23.1 Å². The lowest BCUT2D eigenvalue weighted by Crippen LogP contribution is -2.05. The molecule has 4 nitrogen and oxygen atoms in total. The third-order valence-electron chi connectivity index (χ3n) is 2.73. The highest BCUT2D eigenvalue weighted by Gasteiger charge is 2.17. The van der Waals surface area contributed by atoms with Crippen molar-refractivity contribution in [2.45, 2.75) is 16.5 Å². The molecule has 102 valence electrons. The predicted molar refractivity (Wildman–Crippen MR) is 76.1 cm³/mol. The van der Waals surface area contributed by atoms with E-state index in [2.05, 4.69) is 0 Å². The Morgan fingerprint density at radius 1 is 1.32 bits per heavy atom. The SMILES string of the molecule is COc1cc(CS(=O)(=O)c2cccs2)ccc1CN. The van der Waals surface area contributed by atoms with Crippen molar-refractivity contribution in [1.82, 2.24) is 0 Å². The fourth-order valence-electron chi connectivity index (χ4n) is 1.78. The van der Waals surface area contributed by atoms with Crippen molar-refractivity contribution in [3.05, 3.63) is 46.8 Å². The van der Waals surface area contributed by atoms with Crippen LogP contribution in [0.5, 0.6) is 5.75 Å². The highest BCUT2D eigenvalue weighted by Crippen LogP contribution is 2.25. The Bertz CT molecular complexity index is 649. The molecule has 2 N–H and O–H groups in total. The minimum atomic E-state index is -3.28. The lowest BCUT2D eigenvalue weighted by Gasteiger charge is -2.09. The Morgan fingerprint density at radius 3 is 2.68 bits per heavy atom. The van der Waals surface area contributed by atoms with Crippen LogP contribution in [-0.4, -0.2) is 15.5 Å². The smallest absolute Gasteiger partial charge is 0.191 e. The summed E-state index contributed by atoms with van der Waals surface area (Å²) in [6.07, 6.45) is 0. The Labute approximate surface area is 116 Å². The predicted octanol–water partition coefficient (Wildman–Crippen LogP) is 2.19. The monoisotopic (exact) mass is 297 g/mol. The summed E-state index contributed by atoms with van der Waals surface area (Å²) >= 11 is 1.23. The van der Waals surface area contributed by atoms with Gasteiger partial charge in [-0.3, -0.25) is 0 Å². The van der Waals surface area contributed by atoms with Gasteiger partial charge in [0.25, 0.3) is 0 Å². The van der Waals surface area contributed by atoms with E-state index >= 15 is 0 Å². The van der Waals surface area contributed by atoms with Gasteiger partial charge in [-0.1, -0.05) is 18.2 Å². The van der Waals surface area contributed by atoms with E-state index in [4.69, 9.17) is 10.5 Å². The van der Waals surface area contributed by atoms with Crippen LogP contribution in [0.3, 0.4) is 0 Å². The van der Waals surface area contributed by atoms with Crippen molar-refractivity contribution in [2.24, 2.45) is 5.73 Å². The number of thiophene rings is 1. The van der Waals surface area contributed by atoms with Gasteiger partial charge in [0, 0.05) is 12.1 Å². The van der Waals surface area contributed by atoms with Gasteiger partial charge in [-0.15, -0.1) is 11.3 Å². The van der Waals surface area contributed by atoms with Crippen LogP contribution in [0, 0.1) is 0 Å². The standard InChI is InChI=1S/C13H15NO3S2/c1-17-12-7-10(4-5-11(12)8-14)9-19(15,16)13-3-2-6-18-13/h2-7H,8-9,14H2,1H3. The summed E-state index contributed by atoms with van der Waals surface area (Å²) in [5, 5.41) is 1.75. The van der Waals surface area contributed by atoms with E-state index in [1.165, 1.54) is 11.3 Å². The van der Waals surface area contributed by atoms with Crippen LogP contribution in [0.1, 0.15) is 11.1 Å². The third-order valence-corrected chi connectivity index (χ3v) is 5.90. The van der Waals surface area contributed by atoms with Crippen LogP contribution < -0.4 is 10.5 Å². The first-order valence-corrected chi connectivity index (χ1v) is 8.22. The number of rotatable bonds is 5. The molecule has 0 unspecified atom stereocenters. The van der Waals surface area contributed by atoms with Crippen molar-refractivity contribution in [2.75, 3.05) is 7.11 Å². The highest BCUT2D eigenvalue weighted by atomic mass is 32.2. The average Bonchev–Trinajstić information content (AvgIpc) is 2.93. The van der Waals surface area contributed by atoms with Crippen molar-refractivity contribution in [3.8, 4) is 5.75 Å². The van der Waals surface area contributed by atoms with Crippen LogP contribution in [0.25, 0.3) is 0 Å². The average molecular weight is 297 g/mol. The normalized spacial score (nSPS) is 11.5. The first-order chi connectivity index (χ1) is 9.06. The first-order valence-electron chi connectivity index (χ1n) is 5.69. The van der Waals surface area contributed by atoms with E-state index in [1.54, 1.807) is 42.8 Å². The van der Waals surface area contributed by atoms with E-state index in [0.29, 0.717) is 22.1 Å². The largest absolute Gasteiger partial charge is 0.496 e. The minimum Gasteiger partial charge on any atom is -0.496 e. The molecule has 0 saturated heterocycles. The second-order valence-corrected chi connectivity index (χ2v) is 7.21. The zero-order valence-corrected chi connectivity index (χ0v) is 12.1. The van der Waals surface area contributed by atoms with Crippen molar-refractivity contribution < 1.29 is 13.2 Å². The Balaban J connectivity index is 2.29. The fourth-order valence-corrected chi connectivity index (χ4v) is 4.20. The molecule has 2 aromatic rings. The van der Waals surface area contributed by atoms with E-state index in [1.807, 2.05) is 0 Å². The summed E-state index contributed by atoms with van der Waals surface area (Å²) in [6, 6.07) is 8.66. The molecule has 6 heteroatoms. The molecule has 0 bridgehead atoms. The number of sulfone groups is 1. The molecule has 0 amide bonds. The zero-order chi connectivity index (χ0) is 13.9. The van der Waals surface area contributed by atoms with Gasteiger partial charge in [0.1, 0.15) is 9.96 Å². The van der Waals surface area contributed by atoms with Crippen LogP contribution in [-0.2, 0) is 22.1 Å². The van der Waals surface area contributed by atoms with Crippen molar-refractivity contribution in [3.63, 3.8) is 0 Å². The quantitative estimate of drug-likeness (QED) is 0.918. The van der Waals surface area contributed by atoms with Gasteiger partial charge in [-0.25, -0.2) is 8.42 Å². The summed E-state index contributed by atoms with van der Waals surface area (Å²) < 4.78 is 29.9. The molecule has 0 fully saturated rings. The number of hydrogen-bond donors (Lipinski definition) is 1. The minimum absolute atomic E-state index is 0.0330. The molecule has 2 rings (SSSR count). The van der Waals surface area contributed by atoms with E-state index in [-0.39, 0.29) is 5.75 Å². The number of hydrogen-bond acceptors (Lipinski definition) is 5. The molecule has 0 aliphatic rings. The number of benzene rings is 1.